The summed E-state index contributed by atoms with van der Waals surface area (Å²) in [5, 5.41) is 12.9. The SMILES string of the molecule is CNc1cc(Nc2cccn(-c3cc(=O)n(C)cn3)c2=O)nc2c(C(=O)N[C@@H]3CC[C@H]3OC)onc12. The molecule has 0 saturated heterocycles. The van der Waals surface area contributed by atoms with Gasteiger partial charge in [-0.2, -0.15) is 0 Å². The first-order valence-electron chi connectivity index (χ1n) is 11.2. The molecule has 186 valence electrons. The van der Waals surface area contributed by atoms with Gasteiger partial charge in [-0.1, -0.05) is 5.16 Å². The highest BCUT2D eigenvalue weighted by Crippen LogP contribution is 2.29. The van der Waals surface area contributed by atoms with Gasteiger partial charge in [0.25, 0.3) is 17.0 Å². The molecule has 3 N–H and O–H groups in total. The first-order chi connectivity index (χ1) is 17.4. The van der Waals surface area contributed by atoms with Crippen molar-refractivity contribution >= 4 is 34.1 Å². The van der Waals surface area contributed by atoms with Crippen LogP contribution in [0.25, 0.3) is 16.9 Å². The van der Waals surface area contributed by atoms with Crippen LogP contribution >= 0.6 is 0 Å². The fourth-order valence-electron chi connectivity index (χ4n) is 3.97. The number of carbonyl (C=O) groups is 1. The number of rotatable bonds is 7. The Hall–Kier alpha value is -4.52. The Kier molecular flexibility index (Phi) is 5.98. The number of amides is 1. The number of aromatic nitrogens is 5. The molecular formula is C23H24N8O5. The van der Waals surface area contributed by atoms with Gasteiger partial charge in [-0.05, 0) is 25.0 Å². The van der Waals surface area contributed by atoms with Crippen molar-refractivity contribution in [2.45, 2.75) is 25.0 Å². The third-order valence-corrected chi connectivity index (χ3v) is 6.16. The van der Waals surface area contributed by atoms with E-state index in [-0.39, 0.29) is 46.3 Å². The van der Waals surface area contributed by atoms with E-state index in [4.69, 9.17) is 9.26 Å². The van der Waals surface area contributed by atoms with Crippen molar-refractivity contribution in [2.75, 3.05) is 24.8 Å². The third-order valence-electron chi connectivity index (χ3n) is 6.16. The first-order valence-corrected chi connectivity index (χ1v) is 11.2. The Morgan fingerprint density at radius 2 is 2.03 bits per heavy atom. The summed E-state index contributed by atoms with van der Waals surface area (Å²) >= 11 is 0. The molecule has 1 aliphatic rings. The zero-order valence-corrected chi connectivity index (χ0v) is 19.8. The maximum atomic E-state index is 13.1. The summed E-state index contributed by atoms with van der Waals surface area (Å²) in [5.41, 5.74) is 0.611. The maximum absolute atomic E-state index is 13.1. The standard InChI is InChI=1S/C23H24N8O5/c1-24-14-9-16(26-13-5-4-8-31(23(13)34)17-10-18(32)30(2)11-25-17)28-20-19(14)29-36-21(20)22(33)27-12-6-7-15(12)35-3/h4-5,8-12,15,24H,6-7H2,1-3H3,(H,26,28)(H,27,33)/t12-,15-/m1/s1. The number of carbonyl (C=O) groups excluding carboxylic acids is 1. The molecule has 0 bridgehead atoms. The number of anilines is 3. The van der Waals surface area contributed by atoms with E-state index in [1.54, 1.807) is 39.4 Å². The van der Waals surface area contributed by atoms with E-state index in [1.807, 2.05) is 0 Å². The average Bonchev–Trinajstić information content (AvgIpc) is 3.29. The summed E-state index contributed by atoms with van der Waals surface area (Å²) in [6, 6.07) is 6.02. The third kappa shape index (κ3) is 4.09. The number of methoxy groups -OCH3 is 1. The fraction of sp³-hybridized carbons (Fsp3) is 0.304. The van der Waals surface area contributed by atoms with Crippen LogP contribution in [0.5, 0.6) is 0 Å². The highest BCUT2D eigenvalue weighted by Gasteiger charge is 2.34. The monoisotopic (exact) mass is 492 g/mol. The summed E-state index contributed by atoms with van der Waals surface area (Å²) < 4.78 is 13.2. The Labute approximate surface area is 204 Å². The van der Waals surface area contributed by atoms with E-state index in [2.05, 4.69) is 31.1 Å². The van der Waals surface area contributed by atoms with E-state index in [1.165, 1.54) is 27.7 Å². The number of hydrogen-bond acceptors (Lipinski definition) is 10. The summed E-state index contributed by atoms with van der Waals surface area (Å²) in [6.45, 7) is 0. The van der Waals surface area contributed by atoms with E-state index < -0.39 is 11.5 Å². The summed E-state index contributed by atoms with van der Waals surface area (Å²) in [5.74, 6) is -0.0137. The molecule has 1 amide bonds. The second-order valence-electron chi connectivity index (χ2n) is 8.36. The molecule has 0 aromatic carbocycles. The van der Waals surface area contributed by atoms with Crippen molar-refractivity contribution < 1.29 is 14.1 Å². The summed E-state index contributed by atoms with van der Waals surface area (Å²) in [7, 11) is 4.88. The van der Waals surface area contributed by atoms with Gasteiger partial charge in [-0.3, -0.25) is 19.0 Å². The number of hydrogen-bond donors (Lipinski definition) is 3. The van der Waals surface area contributed by atoms with E-state index in [0.717, 1.165) is 12.8 Å². The summed E-state index contributed by atoms with van der Waals surface area (Å²) in [4.78, 5) is 46.7. The minimum absolute atomic E-state index is 0.0401. The minimum Gasteiger partial charge on any atom is -0.386 e. The number of ether oxygens (including phenoxy) is 1. The molecule has 4 heterocycles. The van der Waals surface area contributed by atoms with Crippen LogP contribution in [0.3, 0.4) is 0 Å². The van der Waals surface area contributed by atoms with E-state index in [0.29, 0.717) is 11.2 Å². The topological polar surface area (TPSA) is 158 Å². The molecular weight excluding hydrogens is 468 g/mol. The van der Waals surface area contributed by atoms with Crippen LogP contribution in [0.4, 0.5) is 17.2 Å². The van der Waals surface area contributed by atoms with Gasteiger partial charge in [-0.15, -0.1) is 0 Å². The van der Waals surface area contributed by atoms with Crippen molar-refractivity contribution in [3.8, 4) is 5.82 Å². The minimum atomic E-state index is -0.449. The molecule has 1 saturated carbocycles. The molecule has 0 unspecified atom stereocenters. The molecule has 4 aromatic rings. The van der Waals surface area contributed by atoms with Crippen LogP contribution in [0, 0.1) is 0 Å². The lowest BCUT2D eigenvalue weighted by Gasteiger charge is -2.35. The lowest BCUT2D eigenvalue weighted by Crippen LogP contribution is -2.51. The normalized spacial score (nSPS) is 17.0. The molecule has 0 aliphatic heterocycles. The van der Waals surface area contributed by atoms with Crippen molar-refractivity contribution in [3.63, 3.8) is 0 Å². The Balaban J connectivity index is 1.49. The molecule has 4 aromatic heterocycles. The lowest BCUT2D eigenvalue weighted by atomic mass is 9.89. The predicted octanol–water partition coefficient (Wildman–Crippen LogP) is 1.16. The molecule has 13 heteroatoms. The average molecular weight is 492 g/mol. The molecule has 2 atom stereocenters. The fourth-order valence-corrected chi connectivity index (χ4v) is 3.97. The molecule has 0 spiro atoms. The highest BCUT2D eigenvalue weighted by atomic mass is 16.5. The Bertz CT molecular complexity index is 1570. The van der Waals surface area contributed by atoms with Gasteiger partial charge in [-0.25, -0.2) is 9.97 Å². The molecule has 36 heavy (non-hydrogen) atoms. The largest absolute Gasteiger partial charge is 0.386 e. The molecule has 1 aliphatic carbocycles. The number of fused-ring (bicyclic) bond motifs is 1. The molecule has 1 fully saturated rings. The van der Waals surface area contributed by atoms with Crippen LogP contribution in [-0.4, -0.2) is 56.5 Å². The number of nitrogens with one attached hydrogen (secondary N) is 3. The van der Waals surface area contributed by atoms with E-state index in [9.17, 15) is 14.4 Å². The second kappa shape index (κ2) is 9.26. The molecule has 0 radical (unpaired) electrons. The van der Waals surface area contributed by atoms with Crippen molar-refractivity contribution in [3.05, 3.63) is 63.3 Å². The maximum Gasteiger partial charge on any atom is 0.292 e. The van der Waals surface area contributed by atoms with Crippen LogP contribution in [-0.2, 0) is 11.8 Å². The number of aryl methyl sites for hydroxylation is 1. The summed E-state index contributed by atoms with van der Waals surface area (Å²) in [6.07, 6.45) is 4.50. The van der Waals surface area contributed by atoms with Gasteiger partial charge in [0.1, 0.15) is 22.8 Å². The van der Waals surface area contributed by atoms with Gasteiger partial charge in [0.15, 0.2) is 5.52 Å². The second-order valence-corrected chi connectivity index (χ2v) is 8.36. The zero-order chi connectivity index (χ0) is 25.4. The van der Waals surface area contributed by atoms with Crippen molar-refractivity contribution in [1.82, 2.24) is 29.6 Å². The lowest BCUT2D eigenvalue weighted by molar-refractivity contribution is 0.00678. The number of nitrogens with zero attached hydrogens (tertiary/aromatic N) is 5. The van der Waals surface area contributed by atoms with Gasteiger partial charge in [0.2, 0.25) is 5.76 Å². The van der Waals surface area contributed by atoms with Crippen molar-refractivity contribution in [1.29, 1.82) is 0 Å². The highest BCUT2D eigenvalue weighted by molar-refractivity contribution is 6.05. The quantitative estimate of drug-likeness (QED) is 0.342. The smallest absolute Gasteiger partial charge is 0.292 e. The van der Waals surface area contributed by atoms with Gasteiger partial charge >= 0.3 is 0 Å². The van der Waals surface area contributed by atoms with Gasteiger partial charge in [0.05, 0.1) is 24.2 Å². The first kappa shape index (κ1) is 23.2. The van der Waals surface area contributed by atoms with Gasteiger partial charge < -0.3 is 29.8 Å². The van der Waals surface area contributed by atoms with Crippen molar-refractivity contribution in [2.24, 2.45) is 7.05 Å². The van der Waals surface area contributed by atoms with E-state index >= 15 is 0 Å². The van der Waals surface area contributed by atoms with Gasteiger partial charge in [0, 0.05) is 39.5 Å². The van der Waals surface area contributed by atoms with Crippen LogP contribution < -0.4 is 27.1 Å². The Morgan fingerprint density at radius 3 is 2.72 bits per heavy atom. The van der Waals surface area contributed by atoms with Crippen LogP contribution in [0.2, 0.25) is 0 Å². The number of pyridine rings is 2. The Morgan fingerprint density at radius 1 is 1.19 bits per heavy atom. The predicted molar refractivity (Wildman–Crippen MR) is 131 cm³/mol. The zero-order valence-electron chi connectivity index (χ0n) is 19.8. The molecule has 5 rings (SSSR count). The van der Waals surface area contributed by atoms with Crippen LogP contribution in [0.15, 0.2) is 50.9 Å². The molecule has 13 nitrogen and oxygen atoms in total. The van der Waals surface area contributed by atoms with Crippen LogP contribution in [0.1, 0.15) is 23.4 Å².